The molecule has 1 aromatic carbocycles. The van der Waals surface area contributed by atoms with Gasteiger partial charge in [0.15, 0.2) is 0 Å². The molecule has 1 atom stereocenters. The van der Waals surface area contributed by atoms with Crippen molar-refractivity contribution in [3.8, 4) is 0 Å². The summed E-state index contributed by atoms with van der Waals surface area (Å²) in [5.41, 5.74) is 0. The minimum absolute atomic E-state index is 0.0982. The van der Waals surface area contributed by atoms with E-state index in [1.807, 2.05) is 13.0 Å². The molecule has 0 N–H and O–H groups in total. The van der Waals surface area contributed by atoms with Crippen LogP contribution in [0.15, 0.2) is 35.2 Å². The molecule has 0 saturated carbocycles. The summed E-state index contributed by atoms with van der Waals surface area (Å²) < 4.78 is 31.3. The van der Waals surface area contributed by atoms with Crippen molar-refractivity contribution in [1.82, 2.24) is 4.31 Å². The van der Waals surface area contributed by atoms with Crippen molar-refractivity contribution in [3.63, 3.8) is 0 Å². The Hall–Kier alpha value is -0.910. The molecule has 0 radical (unpaired) electrons. The van der Waals surface area contributed by atoms with E-state index in [1.165, 1.54) is 4.31 Å². The summed E-state index contributed by atoms with van der Waals surface area (Å²) in [5.74, 6) is 0. The first-order valence-electron chi connectivity index (χ1n) is 5.27. The monoisotopic (exact) mass is 241 g/mol. The fourth-order valence-electron chi connectivity index (χ4n) is 1.80. The molecule has 1 aromatic rings. The van der Waals surface area contributed by atoms with Gasteiger partial charge in [-0.05, 0) is 19.1 Å². The first kappa shape index (κ1) is 11.6. The lowest BCUT2D eigenvalue weighted by molar-refractivity contribution is 0.0393. The SMILES string of the molecule is C[C@H]1COCCN1S(=O)(=O)c1ccccc1. The van der Waals surface area contributed by atoms with Gasteiger partial charge in [-0.15, -0.1) is 0 Å². The second-order valence-corrected chi connectivity index (χ2v) is 5.74. The maximum Gasteiger partial charge on any atom is 0.243 e. The summed E-state index contributed by atoms with van der Waals surface area (Å²) in [4.78, 5) is 0.351. The van der Waals surface area contributed by atoms with Crippen LogP contribution in [0.2, 0.25) is 0 Å². The largest absolute Gasteiger partial charge is 0.378 e. The van der Waals surface area contributed by atoms with E-state index in [0.29, 0.717) is 24.7 Å². The molecule has 1 heterocycles. The molecule has 5 heteroatoms. The van der Waals surface area contributed by atoms with Crippen molar-refractivity contribution in [1.29, 1.82) is 0 Å². The van der Waals surface area contributed by atoms with Crippen LogP contribution in [0.1, 0.15) is 6.92 Å². The molecule has 4 nitrogen and oxygen atoms in total. The van der Waals surface area contributed by atoms with Gasteiger partial charge in [0.1, 0.15) is 0 Å². The number of morpholine rings is 1. The van der Waals surface area contributed by atoms with Crippen molar-refractivity contribution < 1.29 is 13.2 Å². The van der Waals surface area contributed by atoms with Crippen molar-refractivity contribution >= 4 is 10.0 Å². The van der Waals surface area contributed by atoms with Crippen molar-refractivity contribution in [3.05, 3.63) is 30.3 Å². The van der Waals surface area contributed by atoms with Crippen LogP contribution in [-0.4, -0.2) is 38.5 Å². The van der Waals surface area contributed by atoms with Gasteiger partial charge < -0.3 is 4.74 Å². The standard InChI is InChI=1S/C11H15NO3S/c1-10-9-15-8-7-12(10)16(13,14)11-5-3-2-4-6-11/h2-6,10H,7-9H2,1H3/t10-/m0/s1. The number of rotatable bonds is 2. The summed E-state index contributed by atoms with van der Waals surface area (Å²) in [5, 5.41) is 0. The van der Waals surface area contributed by atoms with Crippen LogP contribution in [0.3, 0.4) is 0 Å². The van der Waals surface area contributed by atoms with Crippen LogP contribution in [0, 0.1) is 0 Å². The zero-order valence-electron chi connectivity index (χ0n) is 9.17. The normalized spacial score (nSPS) is 23.2. The Labute approximate surface area is 95.9 Å². The molecule has 0 unspecified atom stereocenters. The van der Waals surface area contributed by atoms with Gasteiger partial charge in [0.25, 0.3) is 0 Å². The van der Waals surface area contributed by atoms with E-state index in [9.17, 15) is 8.42 Å². The Kier molecular flexibility index (Phi) is 3.28. The third-order valence-corrected chi connectivity index (χ3v) is 4.68. The highest BCUT2D eigenvalue weighted by Crippen LogP contribution is 2.19. The first-order valence-corrected chi connectivity index (χ1v) is 6.71. The molecule has 1 saturated heterocycles. The Balaban J connectivity index is 2.32. The molecule has 2 rings (SSSR count). The third-order valence-electron chi connectivity index (χ3n) is 2.66. The summed E-state index contributed by atoms with van der Waals surface area (Å²) in [6, 6.07) is 8.42. The van der Waals surface area contributed by atoms with Crippen molar-refractivity contribution in [2.45, 2.75) is 17.9 Å². The van der Waals surface area contributed by atoms with E-state index in [0.717, 1.165) is 0 Å². The van der Waals surface area contributed by atoms with Crippen LogP contribution >= 0.6 is 0 Å². The van der Waals surface area contributed by atoms with E-state index < -0.39 is 10.0 Å². The average molecular weight is 241 g/mol. The second-order valence-electron chi connectivity index (χ2n) is 3.85. The number of hydrogen-bond donors (Lipinski definition) is 0. The molecule has 1 aliphatic rings. The minimum Gasteiger partial charge on any atom is -0.378 e. The van der Waals surface area contributed by atoms with Gasteiger partial charge in [-0.25, -0.2) is 8.42 Å². The van der Waals surface area contributed by atoms with Crippen LogP contribution in [0.4, 0.5) is 0 Å². The molecule has 1 aliphatic heterocycles. The zero-order chi connectivity index (χ0) is 11.6. The molecule has 0 bridgehead atoms. The average Bonchev–Trinajstić information content (AvgIpc) is 2.30. The number of sulfonamides is 1. The Bertz CT molecular complexity index is 444. The molecule has 1 fully saturated rings. The van der Waals surface area contributed by atoms with Crippen LogP contribution in [0.25, 0.3) is 0 Å². The molecular weight excluding hydrogens is 226 g/mol. The van der Waals surface area contributed by atoms with Crippen LogP contribution in [-0.2, 0) is 14.8 Å². The Morgan fingerprint density at radius 3 is 2.62 bits per heavy atom. The fraction of sp³-hybridized carbons (Fsp3) is 0.455. The van der Waals surface area contributed by atoms with E-state index >= 15 is 0 Å². The summed E-state index contributed by atoms with van der Waals surface area (Å²) in [6.45, 7) is 3.22. The fourth-order valence-corrected chi connectivity index (χ4v) is 3.42. The molecule has 0 amide bonds. The van der Waals surface area contributed by atoms with E-state index in [-0.39, 0.29) is 6.04 Å². The second kappa shape index (κ2) is 4.53. The summed E-state index contributed by atoms with van der Waals surface area (Å²) in [6.07, 6.45) is 0. The third kappa shape index (κ3) is 2.11. The number of ether oxygens (including phenoxy) is 1. The summed E-state index contributed by atoms with van der Waals surface area (Å²) >= 11 is 0. The van der Waals surface area contributed by atoms with Gasteiger partial charge in [-0.1, -0.05) is 18.2 Å². The number of hydrogen-bond acceptors (Lipinski definition) is 3. The molecular formula is C11H15NO3S. The lowest BCUT2D eigenvalue weighted by atomic mass is 10.3. The van der Waals surface area contributed by atoms with Crippen molar-refractivity contribution in [2.75, 3.05) is 19.8 Å². The van der Waals surface area contributed by atoms with Gasteiger partial charge in [-0.3, -0.25) is 0 Å². The predicted molar refractivity (Wildman–Crippen MR) is 60.6 cm³/mol. The van der Waals surface area contributed by atoms with Crippen LogP contribution in [0.5, 0.6) is 0 Å². The minimum atomic E-state index is -3.36. The highest BCUT2D eigenvalue weighted by atomic mass is 32.2. The summed E-state index contributed by atoms with van der Waals surface area (Å²) in [7, 11) is -3.36. The van der Waals surface area contributed by atoms with Gasteiger partial charge in [0.2, 0.25) is 10.0 Å². The quantitative estimate of drug-likeness (QED) is 0.779. The van der Waals surface area contributed by atoms with Crippen LogP contribution < -0.4 is 0 Å². The Morgan fingerprint density at radius 2 is 2.00 bits per heavy atom. The van der Waals surface area contributed by atoms with Gasteiger partial charge in [0, 0.05) is 12.6 Å². The maximum atomic E-state index is 12.3. The highest BCUT2D eigenvalue weighted by molar-refractivity contribution is 7.89. The smallest absolute Gasteiger partial charge is 0.243 e. The lowest BCUT2D eigenvalue weighted by Gasteiger charge is -2.32. The number of benzene rings is 1. The van der Waals surface area contributed by atoms with Crippen molar-refractivity contribution in [2.24, 2.45) is 0 Å². The zero-order valence-corrected chi connectivity index (χ0v) is 9.98. The molecule has 0 aromatic heterocycles. The topological polar surface area (TPSA) is 46.6 Å². The Morgan fingerprint density at radius 1 is 1.31 bits per heavy atom. The maximum absolute atomic E-state index is 12.3. The van der Waals surface area contributed by atoms with E-state index in [2.05, 4.69) is 0 Å². The predicted octanol–water partition coefficient (Wildman–Crippen LogP) is 1.10. The highest BCUT2D eigenvalue weighted by Gasteiger charge is 2.31. The molecule has 0 aliphatic carbocycles. The van der Waals surface area contributed by atoms with E-state index in [1.54, 1.807) is 24.3 Å². The lowest BCUT2D eigenvalue weighted by Crippen LogP contribution is -2.46. The molecule has 16 heavy (non-hydrogen) atoms. The first-order chi connectivity index (χ1) is 7.62. The van der Waals surface area contributed by atoms with Gasteiger partial charge >= 0.3 is 0 Å². The van der Waals surface area contributed by atoms with Gasteiger partial charge in [-0.2, -0.15) is 4.31 Å². The molecule has 0 spiro atoms. The number of nitrogens with zero attached hydrogens (tertiary/aromatic N) is 1. The molecule has 88 valence electrons. The van der Waals surface area contributed by atoms with Gasteiger partial charge in [0.05, 0.1) is 18.1 Å². The van der Waals surface area contributed by atoms with E-state index in [4.69, 9.17) is 4.74 Å².